The van der Waals surface area contributed by atoms with Crippen molar-refractivity contribution >= 4 is 57.1 Å². The summed E-state index contributed by atoms with van der Waals surface area (Å²) >= 11 is 4.50. The first-order valence-corrected chi connectivity index (χ1v) is 16.9. The van der Waals surface area contributed by atoms with Crippen LogP contribution in [-0.4, -0.2) is 53.6 Å². The first-order chi connectivity index (χ1) is 20.6. The summed E-state index contributed by atoms with van der Waals surface area (Å²) in [6, 6.07) is 26.2. The quantitative estimate of drug-likeness (QED) is 0.102. The zero-order valence-electron chi connectivity index (χ0n) is 24.3. The van der Waals surface area contributed by atoms with Gasteiger partial charge in [0.1, 0.15) is 11.1 Å². The molecule has 4 atom stereocenters. The number of carbonyl (C=O) groups excluding carboxylic acids is 2. The number of nitrogens with one attached hydrogen (secondary N) is 2. The normalized spacial score (nSPS) is 18.0. The number of likely N-dealkylation sites (tertiary alicyclic amines) is 1. The molecule has 5 rings (SSSR count). The summed E-state index contributed by atoms with van der Waals surface area (Å²) in [7, 11) is 8.27. The third-order valence-corrected chi connectivity index (χ3v) is 9.55. The highest BCUT2D eigenvalue weighted by Gasteiger charge is 2.48. The van der Waals surface area contributed by atoms with Gasteiger partial charge in [-0.05, 0) is 53.6 Å². The van der Waals surface area contributed by atoms with Gasteiger partial charge in [0.05, 0.1) is 0 Å². The zero-order chi connectivity index (χ0) is 30.6. The Hall–Kier alpha value is -2.26. The van der Waals surface area contributed by atoms with Gasteiger partial charge < -0.3 is 21.3 Å². The molecule has 2 amide bonds. The zero-order valence-corrected chi connectivity index (χ0v) is 28.6. The van der Waals surface area contributed by atoms with Crippen LogP contribution in [-0.2, 0) is 15.0 Å². The van der Waals surface area contributed by atoms with E-state index in [2.05, 4.69) is 80.1 Å². The number of unbranched alkanes of at least 4 members (excludes halogenated alkanes) is 1. The number of fused-ring (bicyclic) bond motifs is 3. The molecule has 0 radical (unpaired) electrons. The Kier molecular flexibility index (Phi) is 10.3. The summed E-state index contributed by atoms with van der Waals surface area (Å²) in [5, 5.41) is 6.34. The lowest BCUT2D eigenvalue weighted by molar-refractivity contribution is -0.125. The highest BCUT2D eigenvalue weighted by atomic mass is 32.1. The van der Waals surface area contributed by atoms with Crippen LogP contribution >= 0.6 is 40.3 Å². The van der Waals surface area contributed by atoms with Crippen LogP contribution in [0.5, 0.6) is 0 Å². The van der Waals surface area contributed by atoms with E-state index in [4.69, 9.17) is 5.73 Å². The van der Waals surface area contributed by atoms with Crippen molar-refractivity contribution in [3.05, 3.63) is 101 Å². The van der Waals surface area contributed by atoms with Crippen LogP contribution in [0.2, 0.25) is 0 Å². The molecule has 1 fully saturated rings. The van der Waals surface area contributed by atoms with E-state index in [0.717, 1.165) is 73.1 Å². The van der Waals surface area contributed by atoms with Crippen LogP contribution in [0.25, 0.3) is 16.0 Å². The number of benzene rings is 3. The molecule has 1 aliphatic heterocycles. The lowest BCUT2D eigenvalue weighted by Crippen LogP contribution is -2.46. The lowest BCUT2D eigenvalue weighted by Gasteiger charge is -2.32. The maximum Gasteiger partial charge on any atom is 0.268 e. The third kappa shape index (κ3) is 7.19. The predicted molar refractivity (Wildman–Crippen MR) is 191 cm³/mol. The molecule has 226 valence electrons. The maximum absolute atomic E-state index is 14.1. The first-order valence-electron chi connectivity index (χ1n) is 14.7. The maximum atomic E-state index is 14.1. The van der Waals surface area contributed by atoms with Gasteiger partial charge >= 0.3 is 0 Å². The van der Waals surface area contributed by atoms with E-state index in [1.807, 2.05) is 54.6 Å². The molecule has 43 heavy (non-hydrogen) atoms. The highest BCUT2D eigenvalue weighted by molar-refractivity contribution is 7.90. The average molecular weight is 651 g/mol. The van der Waals surface area contributed by atoms with Crippen molar-refractivity contribution in [3.63, 3.8) is 0 Å². The second-order valence-electron chi connectivity index (χ2n) is 11.6. The van der Waals surface area contributed by atoms with Gasteiger partial charge in [0.15, 0.2) is 0 Å². The fraction of sp³-hybridized carbons (Fsp3) is 0.333. The summed E-state index contributed by atoms with van der Waals surface area (Å²) in [6.07, 6.45) is 3.45. The number of nitrogens with zero attached hydrogens (tertiary/aromatic N) is 1. The lowest BCUT2D eigenvalue weighted by atomic mass is 9.73. The molecule has 1 heterocycles. The van der Waals surface area contributed by atoms with Crippen LogP contribution in [0.4, 0.5) is 0 Å². The van der Waals surface area contributed by atoms with Crippen molar-refractivity contribution in [1.29, 1.82) is 0 Å². The van der Waals surface area contributed by atoms with E-state index in [9.17, 15) is 9.59 Å². The van der Waals surface area contributed by atoms with Crippen LogP contribution < -0.4 is 16.4 Å². The van der Waals surface area contributed by atoms with E-state index in [-0.39, 0.29) is 28.2 Å². The highest BCUT2D eigenvalue weighted by Crippen LogP contribution is 2.51. The Bertz CT molecular complexity index is 1460. The Morgan fingerprint density at radius 1 is 0.930 bits per heavy atom. The largest absolute Gasteiger partial charge is 0.393 e. The molecule has 6 nitrogen and oxygen atoms in total. The second kappa shape index (κ2) is 13.8. The third-order valence-electron chi connectivity index (χ3n) is 8.44. The van der Waals surface area contributed by atoms with Gasteiger partial charge in [0.2, 0.25) is 5.91 Å². The topological polar surface area (TPSA) is 87.5 Å². The number of nitrogens with two attached hydrogens (primary N) is 1. The second-order valence-corrected chi connectivity index (χ2v) is 17.3. The Morgan fingerprint density at radius 3 is 2.16 bits per heavy atom. The van der Waals surface area contributed by atoms with Crippen LogP contribution in [0.3, 0.4) is 0 Å². The molecule has 1 saturated heterocycles. The molecule has 0 aromatic heterocycles. The predicted octanol–water partition coefficient (Wildman–Crippen LogP) is 4.97. The molecule has 1 aliphatic carbocycles. The van der Waals surface area contributed by atoms with Gasteiger partial charge in [-0.1, -0.05) is 85.3 Å². The molecule has 0 spiro atoms. The number of rotatable bonds is 11. The van der Waals surface area contributed by atoms with Gasteiger partial charge in [-0.15, -0.1) is 40.3 Å². The summed E-state index contributed by atoms with van der Waals surface area (Å²) < 4.78 is -0.257. The first kappa shape index (κ1) is 32.1. The number of carbonyl (C=O) groups is 2. The Morgan fingerprint density at radius 2 is 1.53 bits per heavy atom. The van der Waals surface area contributed by atoms with E-state index in [1.165, 1.54) is 0 Å². The summed E-state index contributed by atoms with van der Waals surface area (Å²) in [5.74, 6) is -0.229. The fourth-order valence-corrected chi connectivity index (χ4v) is 6.90. The molecular weight excluding hydrogens is 609 g/mol. The molecule has 2 aliphatic rings. The van der Waals surface area contributed by atoms with E-state index < -0.39 is 5.41 Å². The van der Waals surface area contributed by atoms with Crippen molar-refractivity contribution in [2.45, 2.75) is 41.8 Å². The Balaban J connectivity index is 1.22. The van der Waals surface area contributed by atoms with Crippen molar-refractivity contribution in [1.82, 2.24) is 15.5 Å². The molecule has 3 aromatic rings. The molecule has 0 bridgehead atoms. The van der Waals surface area contributed by atoms with Crippen molar-refractivity contribution < 1.29 is 9.59 Å². The number of hydrogen-bond donors (Lipinski definition) is 4. The minimum atomic E-state index is -0.729. The molecule has 4 unspecified atom stereocenters. The summed E-state index contributed by atoms with van der Waals surface area (Å²) in [6.45, 7) is 3.12. The molecule has 3 aromatic carbocycles. The monoisotopic (exact) mass is 650 g/mol. The molecule has 0 saturated carbocycles. The van der Waals surface area contributed by atoms with Crippen molar-refractivity contribution in [2.24, 2.45) is 5.73 Å². The molecule has 10 heteroatoms. The van der Waals surface area contributed by atoms with Crippen molar-refractivity contribution in [3.8, 4) is 11.1 Å². The molecular formula is C33H41N4O2P3S. The van der Waals surface area contributed by atoms with Gasteiger partial charge in [0, 0.05) is 35.2 Å². The Labute approximate surface area is 267 Å². The fourth-order valence-electron chi connectivity index (χ4n) is 6.34. The standard InChI is InChI=1S/C33H41N4O2P3S/c34-28(29(43)22-10-2-1-3-11-22)30(38)36-23-16-19-37(20-23)18-9-8-17-32(31(39)35-21-33(40,41)42)26-14-6-4-12-24(26)25-13-5-7-15-27(25)32/h1-7,10-15,23,43H,8-9,16-21,34,40-42H2,(H,35,39)(H,36,38)/b29-28-. The minimum Gasteiger partial charge on any atom is -0.393 e. The van der Waals surface area contributed by atoms with Gasteiger partial charge in [-0.3, -0.25) is 9.59 Å². The van der Waals surface area contributed by atoms with E-state index in [0.29, 0.717) is 11.4 Å². The van der Waals surface area contributed by atoms with E-state index >= 15 is 0 Å². The number of thiol groups is 1. The SMILES string of the molecule is N/C(C(=O)NC1CCN(CCCCC2(C(=O)NCC(P)(P)P)c3ccccc3-c3ccccc32)C1)=C(\S)c1ccccc1. The van der Waals surface area contributed by atoms with Crippen LogP contribution in [0.15, 0.2) is 84.6 Å². The smallest absolute Gasteiger partial charge is 0.268 e. The minimum absolute atomic E-state index is 0.0414. The van der Waals surface area contributed by atoms with Gasteiger partial charge in [0.25, 0.3) is 5.91 Å². The van der Waals surface area contributed by atoms with Gasteiger partial charge in [-0.2, -0.15) is 0 Å². The van der Waals surface area contributed by atoms with Gasteiger partial charge in [-0.25, -0.2) is 0 Å². The summed E-state index contributed by atoms with van der Waals surface area (Å²) in [5.41, 5.74) is 10.8. The number of hydrogen-bond acceptors (Lipinski definition) is 5. The van der Waals surface area contributed by atoms with Crippen LogP contribution in [0, 0.1) is 0 Å². The average Bonchev–Trinajstić information content (AvgIpc) is 3.58. The summed E-state index contributed by atoms with van der Waals surface area (Å²) in [4.78, 5) is 29.8. The molecule has 4 N–H and O–H groups in total. The van der Waals surface area contributed by atoms with Crippen LogP contribution in [0.1, 0.15) is 42.4 Å². The van der Waals surface area contributed by atoms with Crippen molar-refractivity contribution in [2.75, 3.05) is 26.2 Å². The number of amides is 2. The van der Waals surface area contributed by atoms with E-state index in [1.54, 1.807) is 0 Å².